The molecule has 7 nitrogen and oxygen atoms in total. The molecule has 0 unspecified atom stereocenters. The Morgan fingerprint density at radius 3 is 2.52 bits per heavy atom. The van der Waals surface area contributed by atoms with Gasteiger partial charge in [0.1, 0.15) is 17.1 Å². The average molecular weight is 581 g/mol. The normalized spacial score (nSPS) is 18.9. The second-order valence-electron chi connectivity index (χ2n) is 11.7. The van der Waals surface area contributed by atoms with Crippen LogP contribution in [0.25, 0.3) is 22.2 Å². The molecule has 2 saturated carbocycles. The maximum atomic E-state index is 11.5. The molecular weight excluding hydrogens is 549 g/mol. The summed E-state index contributed by atoms with van der Waals surface area (Å²) >= 11 is 13.0. The van der Waals surface area contributed by atoms with Gasteiger partial charge in [-0.15, -0.1) is 0 Å². The van der Waals surface area contributed by atoms with Gasteiger partial charge in [0.2, 0.25) is 0 Å². The number of carbonyl (C=O) groups is 1. The number of halogens is 2. The lowest BCUT2D eigenvalue weighted by Gasteiger charge is -2.52. The number of carboxylic acid groups (broad SMARTS) is 1. The molecule has 3 fully saturated rings. The first kappa shape index (κ1) is 25.9. The van der Waals surface area contributed by atoms with Crippen LogP contribution < -0.4 is 4.90 Å². The third-order valence-corrected chi connectivity index (χ3v) is 9.82. The summed E-state index contributed by atoms with van der Waals surface area (Å²) in [6.45, 7) is 2.43. The molecule has 1 N–H and O–H groups in total. The summed E-state index contributed by atoms with van der Waals surface area (Å²) in [5.41, 5.74) is 5.13. The van der Waals surface area contributed by atoms with Crippen molar-refractivity contribution in [3.63, 3.8) is 0 Å². The smallest absolute Gasteiger partial charge is 0.352 e. The number of anilines is 1. The van der Waals surface area contributed by atoms with Crippen LogP contribution in [0.5, 0.6) is 0 Å². The van der Waals surface area contributed by atoms with Crippen LogP contribution >= 0.6 is 23.2 Å². The van der Waals surface area contributed by atoms with Crippen molar-refractivity contribution in [3.05, 3.63) is 69.5 Å². The van der Waals surface area contributed by atoms with E-state index in [1.807, 2.05) is 31.3 Å². The van der Waals surface area contributed by atoms with Crippen molar-refractivity contribution in [1.82, 2.24) is 9.72 Å². The van der Waals surface area contributed by atoms with Crippen molar-refractivity contribution in [2.75, 3.05) is 18.0 Å². The summed E-state index contributed by atoms with van der Waals surface area (Å²) in [5.74, 6) is 0.418. The quantitative estimate of drug-likeness (QED) is 0.242. The van der Waals surface area contributed by atoms with Gasteiger partial charge in [0.05, 0.1) is 28.3 Å². The molecule has 2 aliphatic carbocycles. The number of ether oxygens (including phenoxy) is 1. The maximum absolute atomic E-state index is 11.5. The first-order valence-electron chi connectivity index (χ1n) is 13.9. The van der Waals surface area contributed by atoms with E-state index in [-0.39, 0.29) is 6.10 Å². The van der Waals surface area contributed by atoms with E-state index in [2.05, 4.69) is 22.2 Å². The molecule has 2 aromatic heterocycles. The maximum Gasteiger partial charge on any atom is 0.352 e. The SMILES string of the molecule is Cn1c(C(=O)O)cc2ccc(N3CCC4(CC3)CC(OCc3c(-c5c(Cl)cccc5Cl)noc3C3CC3)C4)cc21. The van der Waals surface area contributed by atoms with E-state index in [1.165, 1.54) is 0 Å². The number of piperidine rings is 1. The first-order chi connectivity index (χ1) is 19.3. The molecule has 3 heterocycles. The number of rotatable bonds is 7. The van der Waals surface area contributed by atoms with E-state index in [0.29, 0.717) is 44.9 Å². The number of fused-ring (bicyclic) bond motifs is 1. The van der Waals surface area contributed by atoms with Crippen LogP contribution in [0.4, 0.5) is 5.69 Å². The number of benzene rings is 2. The Labute approximate surface area is 242 Å². The number of carboxylic acids is 1. The second-order valence-corrected chi connectivity index (χ2v) is 12.5. The van der Waals surface area contributed by atoms with Crippen molar-refractivity contribution < 1.29 is 19.2 Å². The highest BCUT2D eigenvalue weighted by atomic mass is 35.5. The Morgan fingerprint density at radius 2 is 1.85 bits per heavy atom. The molecule has 3 aliphatic rings. The molecule has 1 saturated heterocycles. The minimum Gasteiger partial charge on any atom is -0.477 e. The summed E-state index contributed by atoms with van der Waals surface area (Å²) in [6.07, 6.45) is 6.81. The van der Waals surface area contributed by atoms with Crippen LogP contribution in [-0.2, 0) is 18.4 Å². The van der Waals surface area contributed by atoms with E-state index in [0.717, 1.165) is 79.5 Å². The van der Waals surface area contributed by atoms with Crippen molar-refractivity contribution in [3.8, 4) is 11.3 Å². The molecule has 0 amide bonds. The Hall–Kier alpha value is -3.00. The molecule has 1 aliphatic heterocycles. The minimum atomic E-state index is -0.904. The minimum absolute atomic E-state index is 0.220. The van der Waals surface area contributed by atoms with Gasteiger partial charge >= 0.3 is 5.97 Å². The predicted octanol–water partition coefficient (Wildman–Crippen LogP) is 7.68. The summed E-state index contributed by atoms with van der Waals surface area (Å²) in [4.78, 5) is 13.9. The van der Waals surface area contributed by atoms with E-state index >= 15 is 0 Å². The van der Waals surface area contributed by atoms with Crippen LogP contribution in [0, 0.1) is 5.41 Å². The number of hydrogen-bond donors (Lipinski definition) is 1. The average Bonchev–Trinajstić information content (AvgIpc) is 3.60. The van der Waals surface area contributed by atoms with Crippen LogP contribution in [0.2, 0.25) is 10.0 Å². The van der Waals surface area contributed by atoms with Gasteiger partial charge in [0.15, 0.2) is 0 Å². The summed E-state index contributed by atoms with van der Waals surface area (Å²) in [5, 5.41) is 15.9. The number of hydrogen-bond acceptors (Lipinski definition) is 5. The fraction of sp³-hybridized carbons (Fsp3) is 0.419. The monoisotopic (exact) mass is 579 g/mol. The summed E-state index contributed by atoms with van der Waals surface area (Å²) in [7, 11) is 1.81. The number of aromatic carboxylic acids is 1. The molecule has 2 aromatic carbocycles. The Balaban J connectivity index is 0.995. The summed E-state index contributed by atoms with van der Waals surface area (Å²) in [6, 6.07) is 13.5. The molecule has 0 bridgehead atoms. The van der Waals surface area contributed by atoms with Gasteiger partial charge in [-0.25, -0.2) is 4.79 Å². The lowest BCUT2D eigenvalue weighted by Crippen LogP contribution is -2.50. The van der Waals surface area contributed by atoms with Gasteiger partial charge in [0.25, 0.3) is 0 Å². The van der Waals surface area contributed by atoms with Gasteiger partial charge in [-0.2, -0.15) is 0 Å². The standard InChI is InChI=1S/C31H31Cl2N3O4/c1-35-25-14-20(8-7-19(25)13-26(35)30(37)38)36-11-9-31(10-12-36)15-21(16-31)39-17-22-28(34-40-29(22)18-5-6-18)27-23(32)3-2-4-24(27)33/h2-4,7-8,13-14,18,21H,5-6,9-12,15-17H2,1H3,(H,37,38). The lowest BCUT2D eigenvalue weighted by atomic mass is 9.61. The Morgan fingerprint density at radius 1 is 1.12 bits per heavy atom. The highest BCUT2D eigenvalue weighted by molar-refractivity contribution is 6.39. The van der Waals surface area contributed by atoms with E-state index in [4.69, 9.17) is 32.5 Å². The Bertz CT molecular complexity index is 1590. The van der Waals surface area contributed by atoms with E-state index in [9.17, 15) is 9.90 Å². The van der Waals surface area contributed by atoms with Crippen LogP contribution in [0.15, 0.2) is 47.0 Å². The van der Waals surface area contributed by atoms with Crippen LogP contribution in [0.1, 0.15) is 66.3 Å². The largest absolute Gasteiger partial charge is 0.477 e. The molecule has 208 valence electrons. The third-order valence-electron chi connectivity index (χ3n) is 9.19. The van der Waals surface area contributed by atoms with Gasteiger partial charge in [-0.05, 0) is 74.3 Å². The highest BCUT2D eigenvalue weighted by Crippen LogP contribution is 2.52. The predicted molar refractivity (Wildman–Crippen MR) is 156 cm³/mol. The zero-order valence-corrected chi connectivity index (χ0v) is 23.8. The molecule has 0 radical (unpaired) electrons. The molecule has 4 aromatic rings. The molecule has 7 rings (SSSR count). The van der Waals surface area contributed by atoms with E-state index in [1.54, 1.807) is 10.6 Å². The molecule has 40 heavy (non-hydrogen) atoms. The zero-order valence-electron chi connectivity index (χ0n) is 22.3. The Kier molecular flexibility index (Phi) is 6.37. The fourth-order valence-electron chi connectivity index (χ4n) is 6.64. The van der Waals surface area contributed by atoms with Gasteiger partial charge in [0, 0.05) is 48.3 Å². The fourth-order valence-corrected chi connectivity index (χ4v) is 7.22. The van der Waals surface area contributed by atoms with Gasteiger partial charge < -0.3 is 23.8 Å². The van der Waals surface area contributed by atoms with Crippen molar-refractivity contribution >= 4 is 45.8 Å². The molecule has 1 spiro atoms. The van der Waals surface area contributed by atoms with E-state index < -0.39 is 5.97 Å². The van der Waals surface area contributed by atoms with Gasteiger partial charge in [-0.3, -0.25) is 0 Å². The topological polar surface area (TPSA) is 80.7 Å². The van der Waals surface area contributed by atoms with Crippen molar-refractivity contribution in [2.24, 2.45) is 12.5 Å². The van der Waals surface area contributed by atoms with Crippen LogP contribution in [0.3, 0.4) is 0 Å². The summed E-state index contributed by atoms with van der Waals surface area (Å²) < 4.78 is 14.0. The number of aryl methyl sites for hydroxylation is 1. The number of nitrogens with zero attached hydrogens (tertiary/aromatic N) is 3. The van der Waals surface area contributed by atoms with Crippen molar-refractivity contribution in [1.29, 1.82) is 0 Å². The number of aromatic nitrogens is 2. The second kappa shape index (κ2) is 9.82. The first-order valence-corrected chi connectivity index (χ1v) is 14.7. The zero-order chi connectivity index (χ0) is 27.6. The molecule has 0 atom stereocenters. The van der Waals surface area contributed by atoms with Crippen LogP contribution in [-0.4, -0.2) is 40.0 Å². The molecule has 9 heteroatoms. The highest BCUT2D eigenvalue weighted by Gasteiger charge is 2.47. The van der Waals surface area contributed by atoms with Gasteiger partial charge in [-0.1, -0.05) is 40.5 Å². The lowest BCUT2D eigenvalue weighted by molar-refractivity contribution is -0.0979. The van der Waals surface area contributed by atoms with Crippen molar-refractivity contribution in [2.45, 2.75) is 57.2 Å². The third kappa shape index (κ3) is 4.48. The molecular formula is C31H31Cl2N3O4.